The van der Waals surface area contributed by atoms with Gasteiger partial charge in [0.25, 0.3) is 0 Å². The summed E-state index contributed by atoms with van der Waals surface area (Å²) in [5.74, 6) is 0.583. The highest BCUT2D eigenvalue weighted by atomic mass is 15.4. The largest absolute Gasteiger partial charge is 0.319 e. The van der Waals surface area contributed by atoms with Crippen LogP contribution in [-0.4, -0.2) is 28.6 Å². The Bertz CT molecular complexity index is 298. The maximum absolute atomic E-state index is 4.14. The van der Waals surface area contributed by atoms with Crippen LogP contribution in [0.2, 0.25) is 0 Å². The quantitative estimate of drug-likeness (QED) is 0.813. The maximum atomic E-state index is 4.14. The summed E-state index contributed by atoms with van der Waals surface area (Å²) in [6.07, 6.45) is 2.98. The van der Waals surface area contributed by atoms with Crippen LogP contribution in [0.15, 0.2) is 6.20 Å². The second-order valence-corrected chi connectivity index (χ2v) is 5.21. The van der Waals surface area contributed by atoms with Crippen molar-refractivity contribution in [3.63, 3.8) is 0 Å². The van der Waals surface area contributed by atoms with E-state index in [0.29, 0.717) is 11.3 Å². The van der Waals surface area contributed by atoms with Crippen LogP contribution in [0.3, 0.4) is 0 Å². The van der Waals surface area contributed by atoms with Gasteiger partial charge in [-0.25, -0.2) is 0 Å². The van der Waals surface area contributed by atoms with E-state index in [2.05, 4.69) is 36.4 Å². The third-order valence-corrected chi connectivity index (χ3v) is 2.78. The molecule has 1 aromatic rings. The van der Waals surface area contributed by atoms with Crippen molar-refractivity contribution in [2.45, 2.75) is 27.2 Å². The number of hydrogen-bond donors (Lipinski definition) is 1. The molecule has 4 nitrogen and oxygen atoms in total. The first kappa shape index (κ1) is 12.2. The topological polar surface area (TPSA) is 42.7 Å². The lowest BCUT2D eigenvalue weighted by Gasteiger charge is -2.30. The molecule has 4 heteroatoms. The van der Waals surface area contributed by atoms with Crippen LogP contribution < -0.4 is 5.32 Å². The standard InChI is InChI=1S/C11H22N4/c1-11(2,3)9(7-12-4)6-10-8-15(5)14-13-10/h8-9,12H,6-7H2,1-5H3. The molecule has 0 aromatic carbocycles. The van der Waals surface area contributed by atoms with Gasteiger partial charge in [-0.15, -0.1) is 5.10 Å². The van der Waals surface area contributed by atoms with E-state index in [-0.39, 0.29) is 0 Å². The monoisotopic (exact) mass is 210 g/mol. The van der Waals surface area contributed by atoms with Crippen molar-refractivity contribution >= 4 is 0 Å². The van der Waals surface area contributed by atoms with Gasteiger partial charge in [0.05, 0.1) is 5.69 Å². The van der Waals surface area contributed by atoms with Gasteiger partial charge < -0.3 is 5.32 Å². The Kier molecular flexibility index (Phi) is 3.85. The van der Waals surface area contributed by atoms with Crippen molar-refractivity contribution < 1.29 is 0 Å². The van der Waals surface area contributed by atoms with Gasteiger partial charge in [0.2, 0.25) is 0 Å². The van der Waals surface area contributed by atoms with Gasteiger partial charge in [-0.2, -0.15) is 0 Å². The summed E-state index contributed by atoms with van der Waals surface area (Å²) in [4.78, 5) is 0. The number of nitrogens with one attached hydrogen (secondary N) is 1. The third kappa shape index (κ3) is 3.63. The normalized spacial score (nSPS) is 14.2. The lowest BCUT2D eigenvalue weighted by molar-refractivity contribution is 0.233. The highest BCUT2D eigenvalue weighted by Crippen LogP contribution is 2.27. The Hall–Kier alpha value is -0.900. The molecular formula is C11H22N4. The molecule has 0 spiro atoms. The smallest absolute Gasteiger partial charge is 0.0830 e. The summed E-state index contributed by atoms with van der Waals surface area (Å²) < 4.78 is 1.76. The summed E-state index contributed by atoms with van der Waals surface area (Å²) >= 11 is 0. The molecule has 0 saturated carbocycles. The Morgan fingerprint density at radius 1 is 1.47 bits per heavy atom. The minimum Gasteiger partial charge on any atom is -0.319 e. The van der Waals surface area contributed by atoms with E-state index in [4.69, 9.17) is 0 Å². The van der Waals surface area contributed by atoms with Crippen LogP contribution in [0.4, 0.5) is 0 Å². The zero-order valence-electron chi connectivity index (χ0n) is 10.4. The van der Waals surface area contributed by atoms with Crippen molar-refractivity contribution in [1.29, 1.82) is 0 Å². The van der Waals surface area contributed by atoms with Gasteiger partial charge in [-0.1, -0.05) is 26.0 Å². The van der Waals surface area contributed by atoms with Gasteiger partial charge in [0.15, 0.2) is 0 Å². The Labute approximate surface area is 92.1 Å². The zero-order valence-corrected chi connectivity index (χ0v) is 10.4. The minimum atomic E-state index is 0.292. The third-order valence-electron chi connectivity index (χ3n) is 2.78. The predicted molar refractivity (Wildman–Crippen MR) is 61.6 cm³/mol. The molecule has 1 rings (SSSR count). The fourth-order valence-electron chi connectivity index (χ4n) is 1.67. The first-order valence-corrected chi connectivity index (χ1v) is 5.43. The van der Waals surface area contributed by atoms with E-state index in [0.717, 1.165) is 18.7 Å². The molecular weight excluding hydrogens is 188 g/mol. The van der Waals surface area contributed by atoms with E-state index >= 15 is 0 Å². The van der Waals surface area contributed by atoms with E-state index in [1.165, 1.54) is 0 Å². The van der Waals surface area contributed by atoms with Crippen LogP contribution in [0.25, 0.3) is 0 Å². The van der Waals surface area contributed by atoms with Gasteiger partial charge in [-0.3, -0.25) is 4.68 Å². The Morgan fingerprint density at radius 2 is 2.13 bits per heavy atom. The van der Waals surface area contributed by atoms with Crippen LogP contribution >= 0.6 is 0 Å². The maximum Gasteiger partial charge on any atom is 0.0830 e. The number of aromatic nitrogens is 3. The SMILES string of the molecule is CNCC(Cc1cn(C)nn1)C(C)(C)C. The highest BCUT2D eigenvalue weighted by molar-refractivity contribution is 4.96. The lowest BCUT2D eigenvalue weighted by atomic mass is 9.78. The highest BCUT2D eigenvalue weighted by Gasteiger charge is 2.24. The summed E-state index contributed by atoms with van der Waals surface area (Å²) in [6, 6.07) is 0. The summed E-state index contributed by atoms with van der Waals surface area (Å²) in [5, 5.41) is 11.3. The molecule has 1 aromatic heterocycles. The summed E-state index contributed by atoms with van der Waals surface area (Å²) in [7, 11) is 3.90. The van der Waals surface area contributed by atoms with Crippen LogP contribution in [0.1, 0.15) is 26.5 Å². The number of aryl methyl sites for hydroxylation is 1. The van der Waals surface area contributed by atoms with Crippen LogP contribution in [0, 0.1) is 11.3 Å². The summed E-state index contributed by atoms with van der Waals surface area (Å²) in [6.45, 7) is 7.82. The molecule has 1 unspecified atom stereocenters. The van der Waals surface area contributed by atoms with Gasteiger partial charge in [0, 0.05) is 13.2 Å². The molecule has 1 N–H and O–H groups in total. The van der Waals surface area contributed by atoms with Gasteiger partial charge in [-0.05, 0) is 31.3 Å². The van der Waals surface area contributed by atoms with Crippen LogP contribution in [-0.2, 0) is 13.5 Å². The predicted octanol–water partition coefficient (Wildman–Crippen LogP) is 1.24. The molecule has 0 aliphatic carbocycles. The second-order valence-electron chi connectivity index (χ2n) is 5.21. The summed E-state index contributed by atoms with van der Waals surface area (Å²) in [5.41, 5.74) is 1.37. The molecule has 0 fully saturated rings. The minimum absolute atomic E-state index is 0.292. The van der Waals surface area contributed by atoms with Crippen molar-refractivity contribution in [2.75, 3.05) is 13.6 Å². The molecule has 0 amide bonds. The second kappa shape index (κ2) is 4.75. The Morgan fingerprint density at radius 3 is 2.53 bits per heavy atom. The fraction of sp³-hybridized carbons (Fsp3) is 0.818. The first-order valence-electron chi connectivity index (χ1n) is 5.43. The molecule has 0 aliphatic rings. The average Bonchev–Trinajstić information content (AvgIpc) is 2.49. The van der Waals surface area contributed by atoms with E-state index in [9.17, 15) is 0 Å². The number of hydrogen-bond acceptors (Lipinski definition) is 3. The van der Waals surface area contributed by atoms with Crippen molar-refractivity contribution in [2.24, 2.45) is 18.4 Å². The molecule has 0 bridgehead atoms. The van der Waals surface area contributed by atoms with Crippen molar-refractivity contribution in [1.82, 2.24) is 20.3 Å². The number of rotatable bonds is 4. The fourth-order valence-corrected chi connectivity index (χ4v) is 1.67. The molecule has 0 radical (unpaired) electrons. The van der Waals surface area contributed by atoms with Crippen LogP contribution in [0.5, 0.6) is 0 Å². The Balaban J connectivity index is 2.66. The van der Waals surface area contributed by atoms with Crippen molar-refractivity contribution in [3.05, 3.63) is 11.9 Å². The molecule has 0 aliphatic heterocycles. The van der Waals surface area contributed by atoms with Crippen molar-refractivity contribution in [3.8, 4) is 0 Å². The van der Waals surface area contributed by atoms with Gasteiger partial charge in [0.1, 0.15) is 0 Å². The van der Waals surface area contributed by atoms with Gasteiger partial charge >= 0.3 is 0 Å². The van der Waals surface area contributed by atoms with E-state index < -0.39 is 0 Å². The zero-order chi connectivity index (χ0) is 11.5. The first-order chi connectivity index (χ1) is 6.93. The molecule has 15 heavy (non-hydrogen) atoms. The lowest BCUT2D eigenvalue weighted by Crippen LogP contribution is -2.31. The molecule has 86 valence electrons. The molecule has 0 saturated heterocycles. The molecule has 1 heterocycles. The van der Waals surface area contributed by atoms with E-state index in [1.54, 1.807) is 4.68 Å². The average molecular weight is 210 g/mol. The number of nitrogens with zero attached hydrogens (tertiary/aromatic N) is 3. The van der Waals surface area contributed by atoms with E-state index in [1.807, 2.05) is 20.3 Å². The molecule has 1 atom stereocenters.